The van der Waals surface area contributed by atoms with E-state index in [-0.39, 0.29) is 6.10 Å². The molecular weight excluding hydrogens is 252 g/mol. The first-order chi connectivity index (χ1) is 9.63. The standard InChI is InChI=1S/C16H20N2O2/c1-12(20-16-7-3-5-14(18)11-16)8-9-19-15-6-2-4-13(17)10-15/h2-7,10-12H,8-9,17-18H2,1H3. The maximum absolute atomic E-state index is 5.77. The van der Waals surface area contributed by atoms with Gasteiger partial charge in [-0.3, -0.25) is 0 Å². The highest BCUT2D eigenvalue weighted by Gasteiger charge is 2.05. The second-order valence-electron chi connectivity index (χ2n) is 4.71. The molecule has 4 heteroatoms. The molecule has 0 aliphatic heterocycles. The summed E-state index contributed by atoms with van der Waals surface area (Å²) in [7, 11) is 0. The fraction of sp³-hybridized carbons (Fsp3) is 0.250. The van der Waals surface area contributed by atoms with Crippen LogP contribution >= 0.6 is 0 Å². The molecule has 0 aliphatic rings. The normalized spacial score (nSPS) is 11.8. The molecule has 4 N–H and O–H groups in total. The molecule has 20 heavy (non-hydrogen) atoms. The molecule has 0 aromatic heterocycles. The van der Waals surface area contributed by atoms with E-state index in [4.69, 9.17) is 20.9 Å². The molecule has 1 unspecified atom stereocenters. The Balaban J connectivity index is 1.76. The van der Waals surface area contributed by atoms with Crippen molar-refractivity contribution in [2.24, 2.45) is 0 Å². The number of hydrogen-bond acceptors (Lipinski definition) is 4. The van der Waals surface area contributed by atoms with E-state index in [1.807, 2.05) is 55.5 Å². The van der Waals surface area contributed by atoms with Gasteiger partial charge in [0.15, 0.2) is 0 Å². The molecule has 4 nitrogen and oxygen atoms in total. The lowest BCUT2D eigenvalue weighted by molar-refractivity contribution is 0.177. The summed E-state index contributed by atoms with van der Waals surface area (Å²) in [6.45, 7) is 2.58. The summed E-state index contributed by atoms with van der Waals surface area (Å²) in [6, 6.07) is 14.8. The quantitative estimate of drug-likeness (QED) is 0.793. The minimum Gasteiger partial charge on any atom is -0.493 e. The van der Waals surface area contributed by atoms with Crippen LogP contribution in [0, 0.1) is 0 Å². The monoisotopic (exact) mass is 272 g/mol. The Morgan fingerprint density at radius 3 is 2.20 bits per heavy atom. The highest BCUT2D eigenvalue weighted by Crippen LogP contribution is 2.18. The van der Waals surface area contributed by atoms with Gasteiger partial charge in [-0.25, -0.2) is 0 Å². The van der Waals surface area contributed by atoms with E-state index in [1.54, 1.807) is 0 Å². The summed E-state index contributed by atoms with van der Waals surface area (Å²) >= 11 is 0. The third kappa shape index (κ3) is 4.39. The van der Waals surface area contributed by atoms with Crippen LogP contribution in [0.2, 0.25) is 0 Å². The number of hydrogen-bond donors (Lipinski definition) is 2. The molecule has 2 aromatic carbocycles. The van der Waals surface area contributed by atoms with Gasteiger partial charge in [-0.2, -0.15) is 0 Å². The Bertz CT molecular complexity index is 558. The first kappa shape index (κ1) is 14.1. The van der Waals surface area contributed by atoms with E-state index in [0.717, 1.165) is 17.9 Å². The van der Waals surface area contributed by atoms with E-state index in [0.29, 0.717) is 18.0 Å². The largest absolute Gasteiger partial charge is 0.493 e. The number of benzene rings is 2. The molecule has 0 saturated heterocycles. The number of ether oxygens (including phenoxy) is 2. The Kier molecular flexibility index (Phi) is 4.71. The van der Waals surface area contributed by atoms with E-state index >= 15 is 0 Å². The zero-order valence-electron chi connectivity index (χ0n) is 11.6. The predicted molar refractivity (Wildman–Crippen MR) is 81.9 cm³/mol. The van der Waals surface area contributed by atoms with Gasteiger partial charge in [-0.15, -0.1) is 0 Å². The zero-order valence-corrected chi connectivity index (χ0v) is 11.6. The Morgan fingerprint density at radius 2 is 1.55 bits per heavy atom. The van der Waals surface area contributed by atoms with E-state index < -0.39 is 0 Å². The molecule has 0 bridgehead atoms. The van der Waals surface area contributed by atoms with Gasteiger partial charge in [-0.1, -0.05) is 12.1 Å². The minimum absolute atomic E-state index is 0.0536. The van der Waals surface area contributed by atoms with E-state index in [1.165, 1.54) is 0 Å². The molecule has 0 amide bonds. The summed E-state index contributed by atoms with van der Waals surface area (Å²) in [4.78, 5) is 0. The fourth-order valence-electron chi connectivity index (χ4n) is 1.83. The second-order valence-corrected chi connectivity index (χ2v) is 4.71. The van der Waals surface area contributed by atoms with Crippen LogP contribution in [0.25, 0.3) is 0 Å². The SMILES string of the molecule is CC(CCOc1cccc(N)c1)Oc1cccc(N)c1. The van der Waals surface area contributed by atoms with Crippen molar-refractivity contribution in [2.45, 2.75) is 19.4 Å². The van der Waals surface area contributed by atoms with Crippen LogP contribution in [0.3, 0.4) is 0 Å². The van der Waals surface area contributed by atoms with Gasteiger partial charge in [0.2, 0.25) is 0 Å². The predicted octanol–water partition coefficient (Wildman–Crippen LogP) is 3.09. The van der Waals surface area contributed by atoms with Crippen molar-refractivity contribution in [3.63, 3.8) is 0 Å². The van der Waals surface area contributed by atoms with Crippen LogP contribution < -0.4 is 20.9 Å². The molecule has 2 aromatic rings. The summed E-state index contributed by atoms with van der Waals surface area (Å²) < 4.78 is 11.4. The number of rotatable bonds is 6. The molecule has 0 heterocycles. The van der Waals surface area contributed by atoms with Crippen LogP contribution in [-0.2, 0) is 0 Å². The van der Waals surface area contributed by atoms with Crippen LogP contribution in [0.5, 0.6) is 11.5 Å². The topological polar surface area (TPSA) is 70.5 Å². The van der Waals surface area contributed by atoms with Gasteiger partial charge in [0.05, 0.1) is 12.7 Å². The highest BCUT2D eigenvalue weighted by atomic mass is 16.5. The van der Waals surface area contributed by atoms with Crippen LogP contribution in [0.4, 0.5) is 11.4 Å². The summed E-state index contributed by atoms with van der Waals surface area (Å²) in [5.41, 5.74) is 12.8. The Morgan fingerprint density at radius 1 is 0.950 bits per heavy atom. The lowest BCUT2D eigenvalue weighted by Gasteiger charge is -2.15. The number of anilines is 2. The molecule has 106 valence electrons. The molecule has 1 atom stereocenters. The Hall–Kier alpha value is -2.36. The van der Waals surface area contributed by atoms with Gasteiger partial charge >= 0.3 is 0 Å². The van der Waals surface area contributed by atoms with E-state index in [2.05, 4.69) is 0 Å². The molecule has 0 aliphatic carbocycles. The van der Waals surface area contributed by atoms with E-state index in [9.17, 15) is 0 Å². The van der Waals surface area contributed by atoms with Gasteiger partial charge in [-0.05, 0) is 31.2 Å². The van der Waals surface area contributed by atoms with Crippen molar-refractivity contribution in [3.05, 3.63) is 48.5 Å². The third-order valence-corrected chi connectivity index (χ3v) is 2.85. The molecular formula is C16H20N2O2. The van der Waals surface area contributed by atoms with Crippen molar-refractivity contribution in [2.75, 3.05) is 18.1 Å². The van der Waals surface area contributed by atoms with Gasteiger partial charge in [0.1, 0.15) is 11.5 Å². The molecule has 0 saturated carbocycles. The van der Waals surface area contributed by atoms with Gasteiger partial charge in [0, 0.05) is 29.9 Å². The van der Waals surface area contributed by atoms with Crippen molar-refractivity contribution < 1.29 is 9.47 Å². The molecule has 2 rings (SSSR count). The first-order valence-corrected chi connectivity index (χ1v) is 6.64. The zero-order chi connectivity index (χ0) is 14.4. The van der Waals surface area contributed by atoms with Crippen LogP contribution in [0.1, 0.15) is 13.3 Å². The van der Waals surface area contributed by atoms with Gasteiger partial charge in [0.25, 0.3) is 0 Å². The summed E-state index contributed by atoms with van der Waals surface area (Å²) in [5, 5.41) is 0. The molecule has 0 fully saturated rings. The number of nitrogen functional groups attached to an aromatic ring is 2. The van der Waals surface area contributed by atoms with Crippen LogP contribution in [0.15, 0.2) is 48.5 Å². The average Bonchev–Trinajstić information content (AvgIpc) is 2.38. The minimum atomic E-state index is 0.0536. The maximum atomic E-state index is 5.77. The lowest BCUT2D eigenvalue weighted by Crippen LogP contribution is -2.15. The van der Waals surface area contributed by atoms with Crippen molar-refractivity contribution >= 4 is 11.4 Å². The second kappa shape index (κ2) is 6.70. The average molecular weight is 272 g/mol. The first-order valence-electron chi connectivity index (χ1n) is 6.64. The lowest BCUT2D eigenvalue weighted by atomic mass is 10.2. The third-order valence-electron chi connectivity index (χ3n) is 2.85. The smallest absolute Gasteiger partial charge is 0.121 e. The highest BCUT2D eigenvalue weighted by molar-refractivity contribution is 5.44. The Labute approximate surface area is 119 Å². The number of nitrogens with two attached hydrogens (primary N) is 2. The summed E-state index contributed by atoms with van der Waals surface area (Å²) in [6.07, 6.45) is 0.835. The van der Waals surface area contributed by atoms with Gasteiger partial charge < -0.3 is 20.9 Å². The van der Waals surface area contributed by atoms with Crippen LogP contribution in [-0.4, -0.2) is 12.7 Å². The fourth-order valence-corrected chi connectivity index (χ4v) is 1.83. The van der Waals surface area contributed by atoms with Crippen molar-refractivity contribution in [1.82, 2.24) is 0 Å². The molecule has 0 radical (unpaired) electrons. The maximum Gasteiger partial charge on any atom is 0.121 e. The van der Waals surface area contributed by atoms with Crippen molar-refractivity contribution in [3.8, 4) is 11.5 Å². The molecule has 0 spiro atoms. The summed E-state index contributed by atoms with van der Waals surface area (Å²) in [5.74, 6) is 1.56. The van der Waals surface area contributed by atoms with Crippen molar-refractivity contribution in [1.29, 1.82) is 0 Å².